The molecule has 2 aromatic carbocycles. The zero-order chi connectivity index (χ0) is 14.7. The number of nitrogens with zero attached hydrogens (tertiary/aromatic N) is 1. The quantitative estimate of drug-likeness (QED) is 0.755. The molecule has 3 rings (SSSR count). The summed E-state index contributed by atoms with van der Waals surface area (Å²) in [7, 11) is 0. The molecule has 0 unspecified atom stereocenters. The van der Waals surface area contributed by atoms with Crippen molar-refractivity contribution >= 4 is 21.6 Å². The molecule has 0 aliphatic rings. The van der Waals surface area contributed by atoms with Crippen LogP contribution >= 0.6 is 11.3 Å². The zero-order valence-electron chi connectivity index (χ0n) is 12.5. The zero-order valence-corrected chi connectivity index (χ0v) is 13.3. The molecule has 0 bridgehead atoms. The third-order valence-electron chi connectivity index (χ3n) is 3.40. The van der Waals surface area contributed by atoms with Gasteiger partial charge in [0.25, 0.3) is 0 Å². The lowest BCUT2D eigenvalue weighted by molar-refractivity contribution is 0.588. The van der Waals surface area contributed by atoms with Crippen molar-refractivity contribution in [2.75, 3.05) is 0 Å². The molecule has 1 N–H and O–H groups in total. The van der Waals surface area contributed by atoms with Crippen molar-refractivity contribution in [3.63, 3.8) is 0 Å². The Balaban J connectivity index is 1.76. The van der Waals surface area contributed by atoms with E-state index in [-0.39, 0.29) is 0 Å². The van der Waals surface area contributed by atoms with Gasteiger partial charge < -0.3 is 5.32 Å². The van der Waals surface area contributed by atoms with E-state index in [4.69, 9.17) is 4.98 Å². The molecule has 0 saturated heterocycles. The van der Waals surface area contributed by atoms with Gasteiger partial charge in [-0.25, -0.2) is 4.98 Å². The summed E-state index contributed by atoms with van der Waals surface area (Å²) in [5.41, 5.74) is 3.77. The molecule has 0 fully saturated rings. The number of fused-ring (bicyclic) bond motifs is 1. The maximum Gasteiger partial charge on any atom is 0.0982 e. The predicted octanol–water partition coefficient (Wildman–Crippen LogP) is 4.39. The van der Waals surface area contributed by atoms with Crippen LogP contribution in [-0.4, -0.2) is 11.0 Å². The number of aromatic nitrogens is 1. The van der Waals surface area contributed by atoms with E-state index in [9.17, 15) is 0 Å². The fourth-order valence-corrected chi connectivity index (χ4v) is 3.34. The number of rotatable bonds is 5. The molecule has 3 aromatic rings. The highest BCUT2D eigenvalue weighted by atomic mass is 32.1. The lowest BCUT2D eigenvalue weighted by atomic mass is 10.1. The third kappa shape index (κ3) is 3.69. The number of benzene rings is 2. The van der Waals surface area contributed by atoms with Crippen molar-refractivity contribution in [1.82, 2.24) is 10.3 Å². The Morgan fingerprint density at radius 3 is 2.67 bits per heavy atom. The van der Waals surface area contributed by atoms with Gasteiger partial charge in [-0.1, -0.05) is 50.2 Å². The maximum absolute atomic E-state index is 4.71. The summed E-state index contributed by atoms with van der Waals surface area (Å²) >= 11 is 1.79. The van der Waals surface area contributed by atoms with Crippen molar-refractivity contribution in [2.24, 2.45) is 0 Å². The van der Waals surface area contributed by atoms with E-state index in [1.165, 1.54) is 20.8 Å². The van der Waals surface area contributed by atoms with Crippen LogP contribution in [0.2, 0.25) is 0 Å². The molecule has 21 heavy (non-hydrogen) atoms. The lowest BCUT2D eigenvalue weighted by Gasteiger charge is -2.09. The van der Waals surface area contributed by atoms with Crippen LogP contribution < -0.4 is 5.32 Å². The minimum Gasteiger partial charge on any atom is -0.310 e. The minimum atomic E-state index is 0.512. The van der Waals surface area contributed by atoms with Crippen LogP contribution in [0.4, 0.5) is 0 Å². The Labute approximate surface area is 129 Å². The van der Waals surface area contributed by atoms with E-state index in [0.717, 1.165) is 18.5 Å². The van der Waals surface area contributed by atoms with E-state index in [1.54, 1.807) is 11.3 Å². The van der Waals surface area contributed by atoms with Gasteiger partial charge in [0, 0.05) is 19.0 Å². The van der Waals surface area contributed by atoms with E-state index in [1.807, 2.05) is 6.07 Å². The van der Waals surface area contributed by atoms with Gasteiger partial charge in [-0.2, -0.15) is 0 Å². The van der Waals surface area contributed by atoms with Gasteiger partial charge in [-0.15, -0.1) is 11.3 Å². The summed E-state index contributed by atoms with van der Waals surface area (Å²) in [6, 6.07) is 17.6. The second-order valence-corrected chi connectivity index (χ2v) is 6.72. The Morgan fingerprint density at radius 1 is 1.05 bits per heavy atom. The first-order chi connectivity index (χ1) is 10.2. The normalized spacial score (nSPS) is 11.4. The lowest BCUT2D eigenvalue weighted by Crippen LogP contribution is -2.21. The van der Waals surface area contributed by atoms with E-state index in [2.05, 4.69) is 61.6 Å². The number of para-hydroxylation sites is 1. The average Bonchev–Trinajstić information content (AvgIpc) is 2.87. The molecule has 0 atom stereocenters. The molecule has 0 aliphatic heterocycles. The molecule has 1 heterocycles. The topological polar surface area (TPSA) is 24.9 Å². The molecule has 3 heteroatoms. The number of hydrogen-bond acceptors (Lipinski definition) is 3. The monoisotopic (exact) mass is 296 g/mol. The van der Waals surface area contributed by atoms with E-state index >= 15 is 0 Å². The Hall–Kier alpha value is -1.71. The Morgan fingerprint density at radius 2 is 1.86 bits per heavy atom. The van der Waals surface area contributed by atoms with Gasteiger partial charge in [-0.05, 0) is 23.3 Å². The summed E-state index contributed by atoms with van der Waals surface area (Å²) in [5, 5.41) is 4.65. The van der Waals surface area contributed by atoms with Crippen LogP contribution in [0.5, 0.6) is 0 Å². The SMILES string of the molecule is CC(C)NCc1cccc(Cc2nc3ccccc3s2)c1. The first kappa shape index (κ1) is 14.2. The largest absolute Gasteiger partial charge is 0.310 e. The van der Waals surface area contributed by atoms with Crippen molar-refractivity contribution < 1.29 is 0 Å². The van der Waals surface area contributed by atoms with Crippen LogP contribution in [0.3, 0.4) is 0 Å². The molecular formula is C18H20N2S. The Bertz CT molecular complexity index is 698. The molecule has 0 amide bonds. The van der Waals surface area contributed by atoms with Gasteiger partial charge in [0.05, 0.1) is 15.2 Å². The number of hydrogen-bond donors (Lipinski definition) is 1. The molecule has 0 radical (unpaired) electrons. The van der Waals surface area contributed by atoms with E-state index in [0.29, 0.717) is 6.04 Å². The van der Waals surface area contributed by atoms with Gasteiger partial charge in [0.1, 0.15) is 0 Å². The van der Waals surface area contributed by atoms with Gasteiger partial charge in [-0.3, -0.25) is 0 Å². The molecule has 1 aromatic heterocycles. The first-order valence-corrected chi connectivity index (χ1v) is 8.18. The standard InChI is InChI=1S/C18H20N2S/c1-13(2)19-12-15-7-5-6-14(10-15)11-18-20-16-8-3-4-9-17(16)21-18/h3-10,13,19H,11-12H2,1-2H3. The molecule has 0 spiro atoms. The molecule has 0 saturated carbocycles. The number of thiazole rings is 1. The van der Waals surface area contributed by atoms with Gasteiger partial charge in [0.15, 0.2) is 0 Å². The van der Waals surface area contributed by atoms with Gasteiger partial charge in [0.2, 0.25) is 0 Å². The molecule has 0 aliphatic carbocycles. The van der Waals surface area contributed by atoms with Crippen LogP contribution in [0.1, 0.15) is 30.0 Å². The van der Waals surface area contributed by atoms with Crippen molar-refractivity contribution in [3.8, 4) is 0 Å². The smallest absolute Gasteiger partial charge is 0.0982 e. The molecular weight excluding hydrogens is 276 g/mol. The molecule has 108 valence electrons. The summed E-state index contributed by atoms with van der Waals surface area (Å²) in [6.45, 7) is 5.27. The highest BCUT2D eigenvalue weighted by Gasteiger charge is 2.05. The Kier molecular flexibility index (Phi) is 4.32. The average molecular weight is 296 g/mol. The fourth-order valence-electron chi connectivity index (χ4n) is 2.34. The fraction of sp³-hybridized carbons (Fsp3) is 0.278. The first-order valence-electron chi connectivity index (χ1n) is 7.36. The second-order valence-electron chi connectivity index (χ2n) is 5.61. The van der Waals surface area contributed by atoms with Crippen molar-refractivity contribution in [3.05, 3.63) is 64.7 Å². The van der Waals surface area contributed by atoms with Gasteiger partial charge >= 0.3 is 0 Å². The maximum atomic E-state index is 4.71. The minimum absolute atomic E-state index is 0.512. The van der Waals surface area contributed by atoms with Crippen LogP contribution in [0, 0.1) is 0 Å². The van der Waals surface area contributed by atoms with Crippen molar-refractivity contribution in [2.45, 2.75) is 32.9 Å². The highest BCUT2D eigenvalue weighted by Crippen LogP contribution is 2.23. The summed E-state index contributed by atoms with van der Waals surface area (Å²) in [4.78, 5) is 4.71. The van der Waals surface area contributed by atoms with E-state index < -0.39 is 0 Å². The van der Waals surface area contributed by atoms with Crippen LogP contribution in [0.15, 0.2) is 48.5 Å². The summed E-state index contributed by atoms with van der Waals surface area (Å²) < 4.78 is 1.27. The third-order valence-corrected chi connectivity index (χ3v) is 4.44. The predicted molar refractivity (Wildman–Crippen MR) is 90.8 cm³/mol. The second kappa shape index (κ2) is 6.37. The molecule has 2 nitrogen and oxygen atoms in total. The van der Waals surface area contributed by atoms with Crippen LogP contribution in [0.25, 0.3) is 10.2 Å². The number of nitrogens with one attached hydrogen (secondary N) is 1. The summed E-state index contributed by atoms with van der Waals surface area (Å²) in [6.07, 6.45) is 0.912. The van der Waals surface area contributed by atoms with Crippen LogP contribution in [-0.2, 0) is 13.0 Å². The van der Waals surface area contributed by atoms with Crippen molar-refractivity contribution in [1.29, 1.82) is 0 Å². The summed E-state index contributed by atoms with van der Waals surface area (Å²) in [5.74, 6) is 0. The highest BCUT2D eigenvalue weighted by molar-refractivity contribution is 7.18.